The van der Waals surface area contributed by atoms with Crippen molar-refractivity contribution >= 4 is 18.5 Å². The first-order chi connectivity index (χ1) is 12.2. The monoisotopic (exact) mass is 349 g/mol. The van der Waals surface area contributed by atoms with E-state index in [2.05, 4.69) is 10.3 Å². The molecule has 0 aromatic heterocycles. The first-order valence-corrected chi connectivity index (χ1v) is 8.02. The zero-order chi connectivity index (χ0) is 19.2. The molecule has 0 fully saturated rings. The van der Waals surface area contributed by atoms with Crippen LogP contribution >= 0.6 is 0 Å². The van der Waals surface area contributed by atoms with E-state index in [0.29, 0.717) is 12.8 Å². The van der Waals surface area contributed by atoms with Crippen molar-refractivity contribution in [3.05, 3.63) is 47.4 Å². The summed E-state index contributed by atoms with van der Waals surface area (Å²) in [5, 5.41) is 19.2. The maximum atomic E-state index is 12.1. The number of nitrogens with zero attached hydrogens (tertiary/aromatic N) is 2. The minimum absolute atomic E-state index is 0.0357. The summed E-state index contributed by atoms with van der Waals surface area (Å²) in [4.78, 5) is 28.0. The second kappa shape index (κ2) is 12.7. The molecule has 0 saturated heterocycles. The molecule has 1 unspecified atom stereocenters. The van der Waals surface area contributed by atoms with Crippen molar-refractivity contribution in [2.45, 2.75) is 26.8 Å². The Morgan fingerprint density at radius 3 is 2.40 bits per heavy atom. The van der Waals surface area contributed by atoms with E-state index in [4.69, 9.17) is 5.11 Å². The van der Waals surface area contributed by atoms with Gasteiger partial charge in [0.15, 0.2) is 0 Å². The second-order valence-electron chi connectivity index (χ2n) is 4.76. The Balaban J connectivity index is 0.00000134. The third-order valence-corrected chi connectivity index (χ3v) is 3.21. The molecule has 0 aliphatic carbocycles. The number of nitrogens with one attached hydrogen (secondary N) is 1. The predicted octanol–water partition coefficient (Wildman–Crippen LogP) is 1.73. The number of aldehydes is 1. The third kappa shape index (κ3) is 6.76. The summed E-state index contributed by atoms with van der Waals surface area (Å²) in [5.74, 6) is -0.495. The number of carbonyl (C=O) groups is 2. The molecule has 1 aromatic carbocycles. The molecule has 0 radical (unpaired) electrons. The van der Waals surface area contributed by atoms with Crippen LogP contribution in [0.5, 0.6) is 0 Å². The summed E-state index contributed by atoms with van der Waals surface area (Å²) in [6.07, 6.45) is 2.67. The highest BCUT2D eigenvalue weighted by Crippen LogP contribution is 2.17. The molecule has 0 saturated carbocycles. The van der Waals surface area contributed by atoms with Crippen molar-refractivity contribution in [2.75, 3.05) is 20.2 Å². The van der Waals surface area contributed by atoms with Crippen LogP contribution in [0.15, 0.2) is 41.2 Å². The zero-order valence-electron chi connectivity index (χ0n) is 15.1. The molecule has 0 bridgehead atoms. The molecule has 1 heterocycles. The Morgan fingerprint density at radius 1 is 1.28 bits per heavy atom. The number of hydrogen-bond donors (Lipinski definition) is 3. The van der Waals surface area contributed by atoms with Crippen molar-refractivity contribution in [2.24, 2.45) is 4.99 Å². The summed E-state index contributed by atoms with van der Waals surface area (Å²) in [6, 6.07) is 7.63. The van der Waals surface area contributed by atoms with Crippen molar-refractivity contribution in [3.63, 3.8) is 0 Å². The van der Waals surface area contributed by atoms with Gasteiger partial charge in [-0.1, -0.05) is 43.7 Å². The van der Waals surface area contributed by atoms with E-state index in [9.17, 15) is 14.7 Å². The van der Waals surface area contributed by atoms with Gasteiger partial charge in [0.05, 0.1) is 25.5 Å². The van der Waals surface area contributed by atoms with E-state index in [1.54, 1.807) is 0 Å². The molecule has 7 nitrogen and oxygen atoms in total. The molecule has 1 aliphatic rings. The topological polar surface area (TPSA) is 102 Å². The van der Waals surface area contributed by atoms with Crippen LogP contribution in [0, 0.1) is 6.92 Å². The molecule has 1 atom stereocenters. The molecule has 3 N–H and O–H groups in total. The summed E-state index contributed by atoms with van der Waals surface area (Å²) in [6.45, 7) is 6.28. The number of hydrogen-bond acceptors (Lipinski definition) is 6. The van der Waals surface area contributed by atoms with Gasteiger partial charge in [0.25, 0.3) is 5.91 Å². The van der Waals surface area contributed by atoms with Gasteiger partial charge in [-0.15, -0.1) is 0 Å². The van der Waals surface area contributed by atoms with Gasteiger partial charge in [0.2, 0.25) is 0 Å². The van der Waals surface area contributed by atoms with Crippen molar-refractivity contribution < 1.29 is 19.8 Å². The van der Waals surface area contributed by atoms with E-state index in [-0.39, 0.29) is 18.3 Å². The largest absolute Gasteiger partial charge is 0.513 e. The molecular formula is C18H27N3O4. The van der Waals surface area contributed by atoms with E-state index in [1.165, 1.54) is 6.34 Å². The fourth-order valence-corrected chi connectivity index (χ4v) is 2.04. The fourth-order valence-electron chi connectivity index (χ4n) is 2.04. The van der Waals surface area contributed by atoms with E-state index in [0.717, 1.165) is 29.4 Å². The van der Waals surface area contributed by atoms with Crippen LogP contribution in [0.2, 0.25) is 0 Å². The molecular weight excluding hydrogens is 322 g/mol. The lowest BCUT2D eigenvalue weighted by Crippen LogP contribution is -2.40. The highest BCUT2D eigenvalue weighted by atomic mass is 16.2. The number of carbonyl (C=O) groups excluding carboxylic acids is 2. The predicted molar refractivity (Wildman–Crippen MR) is 98.4 cm³/mol. The van der Waals surface area contributed by atoms with Gasteiger partial charge < -0.3 is 20.3 Å². The van der Waals surface area contributed by atoms with Gasteiger partial charge in [-0.05, 0) is 12.5 Å². The molecule has 25 heavy (non-hydrogen) atoms. The first-order valence-electron chi connectivity index (χ1n) is 8.02. The number of amides is 1. The first kappa shape index (κ1) is 22.3. The molecule has 138 valence electrons. The summed E-state index contributed by atoms with van der Waals surface area (Å²) in [5.41, 5.74) is 2.14. The lowest BCUT2D eigenvalue weighted by atomic mass is 10.0. The lowest BCUT2D eigenvalue weighted by molar-refractivity contribution is -0.126. The van der Waals surface area contributed by atoms with Crippen LogP contribution < -0.4 is 5.32 Å². The van der Waals surface area contributed by atoms with E-state index < -0.39 is 5.91 Å². The van der Waals surface area contributed by atoms with Gasteiger partial charge in [-0.3, -0.25) is 14.7 Å². The Morgan fingerprint density at radius 2 is 1.88 bits per heavy atom. The summed E-state index contributed by atoms with van der Waals surface area (Å²) < 4.78 is 0. The Bertz CT molecular complexity index is 582. The third-order valence-electron chi connectivity index (χ3n) is 3.21. The highest BCUT2D eigenvalue weighted by Gasteiger charge is 2.23. The maximum absolute atomic E-state index is 12.1. The van der Waals surface area contributed by atoms with Crippen LogP contribution in [-0.2, 0) is 9.59 Å². The lowest BCUT2D eigenvalue weighted by Gasteiger charge is -2.25. The zero-order valence-corrected chi connectivity index (χ0v) is 15.1. The van der Waals surface area contributed by atoms with Crippen molar-refractivity contribution in [1.29, 1.82) is 0 Å². The van der Waals surface area contributed by atoms with Gasteiger partial charge in [-0.2, -0.15) is 0 Å². The minimum Gasteiger partial charge on any atom is -0.513 e. The smallest absolute Gasteiger partial charge is 0.278 e. The number of aliphatic imine (C=N–C) groups is 1. The average Bonchev–Trinajstić information content (AvgIpc) is 2.66. The number of benzene rings is 1. The van der Waals surface area contributed by atoms with Gasteiger partial charge >= 0.3 is 0 Å². The Kier molecular flexibility index (Phi) is 11.4. The van der Waals surface area contributed by atoms with E-state index >= 15 is 0 Å². The maximum Gasteiger partial charge on any atom is 0.278 e. The van der Waals surface area contributed by atoms with Crippen LogP contribution in [0.3, 0.4) is 0 Å². The number of aliphatic hydroxyl groups excluding tert-OH is 2. The Labute approximate surface area is 148 Å². The summed E-state index contributed by atoms with van der Waals surface area (Å²) in [7, 11) is 1.00. The molecule has 1 aliphatic heterocycles. The fraction of sp³-hybridized carbons (Fsp3) is 0.389. The molecule has 7 heteroatoms. The van der Waals surface area contributed by atoms with Crippen LogP contribution in [0.25, 0.3) is 0 Å². The second-order valence-corrected chi connectivity index (χ2v) is 4.76. The van der Waals surface area contributed by atoms with Crippen molar-refractivity contribution in [1.82, 2.24) is 10.2 Å². The quantitative estimate of drug-likeness (QED) is 0.438. The number of rotatable bonds is 3. The SMILES string of the molecule is CC.CO.Cc1ccc(C2CN=CN(CC=O)C(=O)/C(=C/O)N2)cc1. The minimum atomic E-state index is -0.495. The van der Waals surface area contributed by atoms with Gasteiger partial charge in [0, 0.05) is 7.11 Å². The van der Waals surface area contributed by atoms with Gasteiger partial charge in [-0.25, -0.2) is 0 Å². The molecule has 2 rings (SSSR count). The number of aryl methyl sites for hydroxylation is 1. The molecule has 1 aromatic rings. The Hall–Kier alpha value is -2.67. The van der Waals surface area contributed by atoms with Crippen molar-refractivity contribution in [3.8, 4) is 0 Å². The van der Waals surface area contributed by atoms with Crippen LogP contribution in [-0.4, -0.2) is 53.8 Å². The van der Waals surface area contributed by atoms with Crippen LogP contribution in [0.4, 0.5) is 0 Å². The normalized spacial score (nSPS) is 18.0. The highest BCUT2D eigenvalue weighted by molar-refractivity contribution is 6.00. The van der Waals surface area contributed by atoms with Gasteiger partial charge in [0.1, 0.15) is 18.2 Å². The van der Waals surface area contributed by atoms with E-state index in [1.807, 2.05) is 45.0 Å². The summed E-state index contributed by atoms with van der Waals surface area (Å²) >= 11 is 0. The number of aliphatic hydroxyl groups is 2. The molecule has 1 amide bonds. The standard InChI is InChI=1S/C15H17N3O3.C2H6.CH4O/c1-11-2-4-12(5-3-11)13-8-16-10-18(6-7-19)15(21)14(9-20)17-13;2*1-2/h2-5,7,9-10,13,17,20H,6,8H2,1H3;1-2H3;2H,1H3/b14-9-,16-10?;;. The average molecular weight is 349 g/mol. The molecule has 0 spiro atoms. The van der Waals surface area contributed by atoms with Crippen LogP contribution in [0.1, 0.15) is 31.0 Å².